The molecule has 1 aliphatic heterocycles. The molecule has 1 saturated carbocycles. The smallest absolute Gasteiger partial charge is 0.293 e. The van der Waals surface area contributed by atoms with Crippen LogP contribution in [-0.2, 0) is 9.53 Å². The van der Waals surface area contributed by atoms with Crippen molar-refractivity contribution < 1.29 is 14.5 Å². The molecule has 1 aliphatic carbocycles. The lowest BCUT2D eigenvalue weighted by Crippen LogP contribution is -2.38. The van der Waals surface area contributed by atoms with Crippen molar-refractivity contribution in [2.75, 3.05) is 42.3 Å². The summed E-state index contributed by atoms with van der Waals surface area (Å²) in [6.07, 6.45) is 2.15. The molecule has 1 amide bonds. The van der Waals surface area contributed by atoms with Gasteiger partial charge < -0.3 is 15.0 Å². The third-order valence-electron chi connectivity index (χ3n) is 4.90. The van der Waals surface area contributed by atoms with Gasteiger partial charge in [-0.25, -0.2) is 0 Å². The number of benzene rings is 1. The number of aromatic nitrogens is 3. The first-order valence-electron chi connectivity index (χ1n) is 9.49. The monoisotopic (exact) mass is 418 g/mol. The first-order valence-corrected chi connectivity index (χ1v) is 10.5. The molecule has 1 aromatic carbocycles. The van der Waals surface area contributed by atoms with Crippen LogP contribution in [0.5, 0.6) is 0 Å². The number of thioether (sulfide) groups is 1. The Balaban J connectivity index is 1.45. The zero-order valence-electron chi connectivity index (χ0n) is 16.0. The van der Waals surface area contributed by atoms with E-state index in [2.05, 4.69) is 25.0 Å². The van der Waals surface area contributed by atoms with E-state index in [4.69, 9.17) is 4.74 Å². The second kappa shape index (κ2) is 8.37. The number of nitrogens with zero attached hydrogens (tertiary/aromatic N) is 5. The number of carbonyl (C=O) groups is 1. The second-order valence-corrected chi connectivity index (χ2v) is 7.99. The van der Waals surface area contributed by atoms with Crippen molar-refractivity contribution in [3.05, 3.63) is 33.9 Å². The average molecular weight is 418 g/mol. The molecule has 2 aromatic rings. The molecule has 10 nitrogen and oxygen atoms in total. The van der Waals surface area contributed by atoms with Gasteiger partial charge in [-0.3, -0.25) is 19.5 Å². The Kier molecular flexibility index (Phi) is 5.67. The van der Waals surface area contributed by atoms with Crippen LogP contribution in [0.3, 0.4) is 0 Å². The zero-order chi connectivity index (χ0) is 20.4. The number of nitro groups is 1. The summed E-state index contributed by atoms with van der Waals surface area (Å²) >= 11 is 1.30. The van der Waals surface area contributed by atoms with Gasteiger partial charge in [0.15, 0.2) is 5.16 Å². The summed E-state index contributed by atoms with van der Waals surface area (Å²) in [6.45, 7) is 4.60. The predicted octanol–water partition coefficient (Wildman–Crippen LogP) is 2.40. The van der Waals surface area contributed by atoms with Crippen molar-refractivity contribution in [2.24, 2.45) is 0 Å². The predicted molar refractivity (Wildman–Crippen MR) is 109 cm³/mol. The molecular formula is C18H22N6O4S. The molecule has 0 spiro atoms. The van der Waals surface area contributed by atoms with E-state index in [9.17, 15) is 14.9 Å². The fraction of sp³-hybridized carbons (Fsp3) is 0.500. The number of hydrogen-bond acceptors (Lipinski definition) is 8. The summed E-state index contributed by atoms with van der Waals surface area (Å²) < 4.78 is 7.52. The molecule has 2 heterocycles. The van der Waals surface area contributed by atoms with Crippen molar-refractivity contribution in [3.63, 3.8) is 0 Å². The maximum Gasteiger partial charge on any atom is 0.293 e. The van der Waals surface area contributed by atoms with E-state index < -0.39 is 4.92 Å². The van der Waals surface area contributed by atoms with Crippen LogP contribution in [0.1, 0.15) is 24.4 Å². The number of para-hydroxylation sites is 1. The summed E-state index contributed by atoms with van der Waals surface area (Å²) in [5.74, 6) is 0.610. The molecule has 0 bridgehead atoms. The van der Waals surface area contributed by atoms with Crippen LogP contribution in [0.15, 0.2) is 23.4 Å². The minimum Gasteiger partial charge on any atom is -0.378 e. The largest absolute Gasteiger partial charge is 0.378 e. The summed E-state index contributed by atoms with van der Waals surface area (Å²) in [7, 11) is 0. The topological polar surface area (TPSA) is 115 Å². The van der Waals surface area contributed by atoms with Crippen LogP contribution in [0.4, 0.5) is 17.3 Å². The molecule has 2 fully saturated rings. The van der Waals surface area contributed by atoms with E-state index >= 15 is 0 Å². The number of carbonyl (C=O) groups excluding carboxylic acids is 1. The van der Waals surface area contributed by atoms with Crippen molar-refractivity contribution in [2.45, 2.75) is 31.0 Å². The fourth-order valence-electron chi connectivity index (χ4n) is 3.27. The number of hydrogen-bond donors (Lipinski definition) is 1. The lowest BCUT2D eigenvalue weighted by Gasteiger charge is -2.27. The van der Waals surface area contributed by atoms with Gasteiger partial charge in [0.05, 0.1) is 23.9 Å². The zero-order valence-corrected chi connectivity index (χ0v) is 16.9. The van der Waals surface area contributed by atoms with Crippen molar-refractivity contribution in [1.82, 2.24) is 14.8 Å². The lowest BCUT2D eigenvalue weighted by molar-refractivity contribution is -0.384. The lowest BCUT2D eigenvalue weighted by atomic mass is 10.1. The van der Waals surface area contributed by atoms with Gasteiger partial charge in [-0.1, -0.05) is 23.9 Å². The van der Waals surface area contributed by atoms with Crippen LogP contribution in [0.2, 0.25) is 0 Å². The Hall–Kier alpha value is -2.66. The van der Waals surface area contributed by atoms with Crippen LogP contribution < -0.4 is 10.2 Å². The molecule has 0 radical (unpaired) electrons. The average Bonchev–Trinajstić information content (AvgIpc) is 3.47. The molecule has 154 valence electrons. The van der Waals surface area contributed by atoms with E-state index in [-0.39, 0.29) is 23.0 Å². The van der Waals surface area contributed by atoms with Crippen LogP contribution in [0.25, 0.3) is 0 Å². The van der Waals surface area contributed by atoms with E-state index in [1.54, 1.807) is 19.1 Å². The number of ether oxygens (including phenoxy) is 1. The standard InChI is InChI=1S/C18H22N6O4S/c1-12-3-2-4-14(24(26)27)16(12)19-15(25)11-29-18-21-20-17(23(18)13-5-6-13)22-7-9-28-10-8-22/h2-4,13H,5-11H2,1H3,(H,19,25). The van der Waals surface area contributed by atoms with Gasteiger partial charge in [0.25, 0.3) is 5.69 Å². The van der Waals surface area contributed by atoms with Gasteiger partial charge in [-0.15, -0.1) is 10.2 Å². The first kappa shape index (κ1) is 19.6. The number of nitrogens with one attached hydrogen (secondary N) is 1. The third kappa shape index (κ3) is 4.35. The summed E-state index contributed by atoms with van der Waals surface area (Å²) in [6, 6.07) is 5.08. The summed E-state index contributed by atoms with van der Waals surface area (Å²) in [4.78, 5) is 25.4. The summed E-state index contributed by atoms with van der Waals surface area (Å²) in [5, 5.41) is 23.3. The van der Waals surface area contributed by atoms with E-state index in [0.717, 1.165) is 31.9 Å². The van der Waals surface area contributed by atoms with Gasteiger partial charge >= 0.3 is 0 Å². The fourth-order valence-corrected chi connectivity index (χ4v) is 4.07. The minimum atomic E-state index is -0.492. The number of anilines is 2. The number of amides is 1. The van der Waals surface area contributed by atoms with E-state index in [1.165, 1.54) is 17.8 Å². The Bertz CT molecular complexity index is 923. The summed E-state index contributed by atoms with van der Waals surface area (Å²) in [5.41, 5.74) is 0.771. The quantitative estimate of drug-likeness (QED) is 0.414. The van der Waals surface area contributed by atoms with Gasteiger partial charge in [-0.05, 0) is 25.3 Å². The highest BCUT2D eigenvalue weighted by molar-refractivity contribution is 7.99. The maximum atomic E-state index is 12.5. The minimum absolute atomic E-state index is 0.0967. The maximum absolute atomic E-state index is 12.5. The van der Waals surface area contributed by atoms with Crippen LogP contribution in [-0.4, -0.2) is 57.7 Å². The van der Waals surface area contributed by atoms with Gasteiger partial charge in [0.2, 0.25) is 11.9 Å². The molecule has 11 heteroatoms. The highest BCUT2D eigenvalue weighted by Crippen LogP contribution is 2.41. The second-order valence-electron chi connectivity index (χ2n) is 7.05. The first-order chi connectivity index (χ1) is 14.0. The molecule has 0 atom stereocenters. The normalized spacial score (nSPS) is 16.7. The highest BCUT2D eigenvalue weighted by atomic mass is 32.2. The number of morpholine rings is 1. The Labute approximate surface area is 171 Å². The highest BCUT2D eigenvalue weighted by Gasteiger charge is 2.32. The molecule has 4 rings (SSSR count). The SMILES string of the molecule is Cc1cccc([N+](=O)[O-])c1NC(=O)CSc1nnc(N2CCOCC2)n1C1CC1. The molecule has 1 N–H and O–H groups in total. The Morgan fingerprint density at radius 1 is 1.34 bits per heavy atom. The molecular weight excluding hydrogens is 396 g/mol. The van der Waals surface area contributed by atoms with E-state index in [0.29, 0.717) is 30.0 Å². The molecule has 2 aliphatic rings. The van der Waals surface area contributed by atoms with Gasteiger partial charge in [-0.2, -0.15) is 0 Å². The van der Waals surface area contributed by atoms with Crippen molar-refractivity contribution in [1.29, 1.82) is 0 Å². The number of nitro benzene ring substituents is 1. The Morgan fingerprint density at radius 3 is 2.79 bits per heavy atom. The van der Waals surface area contributed by atoms with Crippen molar-refractivity contribution in [3.8, 4) is 0 Å². The molecule has 1 saturated heterocycles. The van der Waals surface area contributed by atoms with Gasteiger partial charge in [0.1, 0.15) is 5.69 Å². The third-order valence-corrected chi connectivity index (χ3v) is 5.84. The molecule has 1 aromatic heterocycles. The van der Waals surface area contributed by atoms with E-state index in [1.807, 2.05) is 0 Å². The molecule has 0 unspecified atom stereocenters. The Morgan fingerprint density at radius 2 is 2.10 bits per heavy atom. The van der Waals surface area contributed by atoms with Crippen molar-refractivity contribution >= 4 is 35.0 Å². The molecule has 29 heavy (non-hydrogen) atoms. The van der Waals surface area contributed by atoms with Gasteiger partial charge in [0, 0.05) is 25.2 Å². The van der Waals surface area contributed by atoms with Crippen LogP contribution in [0, 0.1) is 17.0 Å². The van der Waals surface area contributed by atoms with Crippen LogP contribution >= 0.6 is 11.8 Å². The number of rotatable bonds is 7. The number of aryl methyl sites for hydroxylation is 1.